The maximum atomic E-state index is 12.8. The summed E-state index contributed by atoms with van der Waals surface area (Å²) in [6, 6.07) is 17.3. The van der Waals surface area contributed by atoms with Crippen molar-refractivity contribution in [1.82, 2.24) is 0 Å². The van der Waals surface area contributed by atoms with Gasteiger partial charge in [-0.3, -0.25) is 4.79 Å². The Balaban J connectivity index is 1.79. The first kappa shape index (κ1) is 22.6. The number of carbonyl (C=O) groups excluding carboxylic acids is 1. The first-order valence-electron chi connectivity index (χ1n) is 10.3. The second-order valence-electron chi connectivity index (χ2n) is 7.44. The SMILES string of the molecule is CCc1cccc(CC)c1NC(=O)c1ccc(OS(=O)(=O)c2cc(C)ccc2C)cc1. The van der Waals surface area contributed by atoms with E-state index in [1.165, 1.54) is 12.1 Å². The van der Waals surface area contributed by atoms with Crippen LogP contribution in [0.3, 0.4) is 0 Å². The van der Waals surface area contributed by atoms with Gasteiger partial charge in [-0.25, -0.2) is 0 Å². The number of nitrogens with one attached hydrogen (secondary N) is 1. The zero-order valence-electron chi connectivity index (χ0n) is 18.2. The molecule has 0 saturated carbocycles. The molecule has 0 aliphatic carbocycles. The molecule has 0 unspecified atom stereocenters. The van der Waals surface area contributed by atoms with Crippen LogP contribution in [0.4, 0.5) is 5.69 Å². The van der Waals surface area contributed by atoms with Crippen LogP contribution in [-0.4, -0.2) is 14.3 Å². The molecule has 5 nitrogen and oxygen atoms in total. The van der Waals surface area contributed by atoms with E-state index >= 15 is 0 Å². The lowest BCUT2D eigenvalue weighted by molar-refractivity contribution is 0.102. The maximum absolute atomic E-state index is 12.8. The van der Waals surface area contributed by atoms with Gasteiger partial charge in [-0.15, -0.1) is 0 Å². The third-order valence-electron chi connectivity index (χ3n) is 5.17. The van der Waals surface area contributed by atoms with E-state index in [0.29, 0.717) is 11.1 Å². The summed E-state index contributed by atoms with van der Waals surface area (Å²) in [6.07, 6.45) is 1.62. The lowest BCUT2D eigenvalue weighted by Crippen LogP contribution is -2.15. The summed E-state index contributed by atoms with van der Waals surface area (Å²) in [7, 11) is -3.97. The van der Waals surface area contributed by atoms with E-state index in [4.69, 9.17) is 4.18 Å². The van der Waals surface area contributed by atoms with Gasteiger partial charge < -0.3 is 9.50 Å². The summed E-state index contributed by atoms with van der Waals surface area (Å²) in [5.74, 6) is -0.0970. The van der Waals surface area contributed by atoms with Gasteiger partial charge in [-0.05, 0) is 79.3 Å². The minimum absolute atomic E-state index is 0.137. The van der Waals surface area contributed by atoms with E-state index in [1.54, 1.807) is 31.2 Å². The average Bonchev–Trinajstić information content (AvgIpc) is 2.75. The number of para-hydroxylation sites is 1. The van der Waals surface area contributed by atoms with Crippen LogP contribution < -0.4 is 9.50 Å². The van der Waals surface area contributed by atoms with Gasteiger partial charge >= 0.3 is 10.1 Å². The van der Waals surface area contributed by atoms with Crippen molar-refractivity contribution in [2.45, 2.75) is 45.4 Å². The molecule has 0 saturated heterocycles. The Morgan fingerprint density at radius 3 is 2.10 bits per heavy atom. The topological polar surface area (TPSA) is 72.5 Å². The second-order valence-corrected chi connectivity index (χ2v) is 8.96. The van der Waals surface area contributed by atoms with E-state index in [-0.39, 0.29) is 16.6 Å². The first-order chi connectivity index (χ1) is 14.7. The minimum Gasteiger partial charge on any atom is -0.379 e. The van der Waals surface area contributed by atoms with Gasteiger partial charge in [0.2, 0.25) is 0 Å². The number of amides is 1. The van der Waals surface area contributed by atoms with E-state index in [9.17, 15) is 13.2 Å². The van der Waals surface area contributed by atoms with Crippen LogP contribution in [0.2, 0.25) is 0 Å². The Morgan fingerprint density at radius 2 is 1.52 bits per heavy atom. The van der Waals surface area contributed by atoms with Crippen molar-refractivity contribution in [2.24, 2.45) is 0 Å². The van der Waals surface area contributed by atoms with Gasteiger partial charge in [0, 0.05) is 11.3 Å². The minimum atomic E-state index is -3.97. The average molecular weight is 438 g/mol. The lowest BCUT2D eigenvalue weighted by atomic mass is 10.0. The molecule has 3 aromatic carbocycles. The molecule has 0 fully saturated rings. The molecule has 0 spiro atoms. The van der Waals surface area contributed by atoms with Gasteiger partial charge in [0.1, 0.15) is 10.6 Å². The van der Waals surface area contributed by atoms with Crippen LogP contribution in [0.1, 0.15) is 46.5 Å². The molecule has 1 amide bonds. The predicted octanol–water partition coefficient (Wildman–Crippen LogP) is 5.45. The Kier molecular flexibility index (Phi) is 6.81. The number of hydrogen-bond donors (Lipinski definition) is 1. The monoisotopic (exact) mass is 437 g/mol. The quantitative estimate of drug-likeness (QED) is 0.499. The van der Waals surface area contributed by atoms with E-state index in [2.05, 4.69) is 5.32 Å². The van der Waals surface area contributed by atoms with Gasteiger partial charge in [-0.1, -0.05) is 44.2 Å². The fraction of sp³-hybridized carbons (Fsp3) is 0.240. The standard InChI is InChI=1S/C25H27NO4S/c1-5-19-8-7-9-20(6-2)24(19)26-25(27)21-12-14-22(15-13-21)30-31(28,29)23-16-17(3)10-11-18(23)4/h7-16H,5-6H2,1-4H3,(H,26,27). The van der Waals surface area contributed by atoms with Crippen molar-refractivity contribution in [3.8, 4) is 5.75 Å². The van der Waals surface area contributed by atoms with Gasteiger partial charge in [0.15, 0.2) is 0 Å². The van der Waals surface area contributed by atoms with Gasteiger partial charge in [0.05, 0.1) is 0 Å². The predicted molar refractivity (Wildman–Crippen MR) is 123 cm³/mol. The lowest BCUT2D eigenvalue weighted by Gasteiger charge is -2.15. The zero-order valence-corrected chi connectivity index (χ0v) is 19.0. The van der Waals surface area contributed by atoms with Crippen molar-refractivity contribution in [3.63, 3.8) is 0 Å². The molecular weight excluding hydrogens is 410 g/mol. The molecule has 3 rings (SSSR count). The smallest absolute Gasteiger partial charge is 0.339 e. The van der Waals surface area contributed by atoms with Crippen molar-refractivity contribution >= 4 is 21.7 Å². The molecule has 6 heteroatoms. The van der Waals surface area contributed by atoms with Crippen molar-refractivity contribution in [2.75, 3.05) is 5.32 Å². The summed E-state index contributed by atoms with van der Waals surface area (Å²) >= 11 is 0. The largest absolute Gasteiger partial charge is 0.379 e. The summed E-state index contributed by atoms with van der Waals surface area (Å²) in [5.41, 5.74) is 4.86. The molecule has 0 bridgehead atoms. The fourth-order valence-electron chi connectivity index (χ4n) is 3.40. The Bertz CT molecular complexity index is 1180. The van der Waals surface area contributed by atoms with Crippen molar-refractivity contribution < 1.29 is 17.4 Å². The third kappa shape index (κ3) is 5.14. The Labute approximate surface area is 184 Å². The molecule has 0 heterocycles. The van der Waals surface area contributed by atoms with Gasteiger partial charge in [-0.2, -0.15) is 8.42 Å². The number of hydrogen-bond acceptors (Lipinski definition) is 4. The molecule has 1 N–H and O–H groups in total. The molecule has 31 heavy (non-hydrogen) atoms. The van der Waals surface area contributed by atoms with Crippen LogP contribution in [0.25, 0.3) is 0 Å². The number of carbonyl (C=O) groups is 1. The van der Waals surface area contributed by atoms with Crippen LogP contribution in [-0.2, 0) is 23.0 Å². The summed E-state index contributed by atoms with van der Waals surface area (Å²) in [4.78, 5) is 12.9. The molecule has 162 valence electrons. The van der Waals surface area contributed by atoms with E-state index < -0.39 is 10.1 Å². The summed E-state index contributed by atoms with van der Waals surface area (Å²) < 4.78 is 30.6. The van der Waals surface area contributed by atoms with Crippen LogP contribution in [0.5, 0.6) is 5.75 Å². The molecule has 0 atom stereocenters. The van der Waals surface area contributed by atoms with Crippen molar-refractivity contribution in [3.05, 3.63) is 88.5 Å². The van der Waals surface area contributed by atoms with E-state index in [1.807, 2.05) is 45.0 Å². The molecular formula is C25H27NO4S. The highest BCUT2D eigenvalue weighted by Gasteiger charge is 2.20. The molecule has 0 aliphatic rings. The zero-order chi connectivity index (χ0) is 22.6. The summed E-state index contributed by atoms with van der Waals surface area (Å²) in [6.45, 7) is 7.65. The number of rotatable bonds is 7. The first-order valence-corrected chi connectivity index (χ1v) is 11.7. The Hall–Kier alpha value is -3.12. The second kappa shape index (κ2) is 9.35. The van der Waals surface area contributed by atoms with Crippen LogP contribution in [0.15, 0.2) is 65.6 Å². The highest BCUT2D eigenvalue weighted by atomic mass is 32.2. The molecule has 0 aliphatic heterocycles. The Morgan fingerprint density at radius 1 is 0.903 bits per heavy atom. The highest BCUT2D eigenvalue weighted by Crippen LogP contribution is 2.25. The fourth-order valence-corrected chi connectivity index (χ4v) is 4.65. The molecule has 0 radical (unpaired) electrons. The number of aryl methyl sites for hydroxylation is 4. The van der Waals surface area contributed by atoms with Crippen LogP contribution >= 0.6 is 0 Å². The van der Waals surface area contributed by atoms with Crippen molar-refractivity contribution in [1.29, 1.82) is 0 Å². The maximum Gasteiger partial charge on any atom is 0.339 e. The molecule has 3 aromatic rings. The molecule has 0 aromatic heterocycles. The van der Waals surface area contributed by atoms with Gasteiger partial charge in [0.25, 0.3) is 5.91 Å². The third-order valence-corrected chi connectivity index (χ3v) is 6.56. The number of anilines is 1. The summed E-state index contributed by atoms with van der Waals surface area (Å²) in [5, 5.41) is 3.01. The number of benzene rings is 3. The highest BCUT2D eigenvalue weighted by molar-refractivity contribution is 7.87. The normalized spacial score (nSPS) is 11.2. The van der Waals surface area contributed by atoms with Crippen LogP contribution in [0, 0.1) is 13.8 Å². The van der Waals surface area contributed by atoms with E-state index in [0.717, 1.165) is 35.2 Å².